The topological polar surface area (TPSA) is 78.8 Å². The molecule has 0 unspecified atom stereocenters. The molecule has 2 aromatic rings. The van der Waals surface area contributed by atoms with Gasteiger partial charge in [0.05, 0.1) is 11.1 Å². The maximum atomic E-state index is 12.0. The van der Waals surface area contributed by atoms with Gasteiger partial charge in [0.2, 0.25) is 0 Å². The van der Waals surface area contributed by atoms with E-state index in [9.17, 15) is 13.5 Å². The summed E-state index contributed by atoms with van der Waals surface area (Å²) in [4.78, 5) is 2.19. The van der Waals surface area contributed by atoms with Crippen molar-refractivity contribution in [2.45, 2.75) is 4.90 Å². The van der Waals surface area contributed by atoms with Gasteiger partial charge in [0.25, 0.3) is 10.0 Å². The number of hydrogen-bond donors (Lipinski definition) is 2. The highest BCUT2D eigenvalue weighted by molar-refractivity contribution is 9.10. The number of rotatable bonds is 4. The van der Waals surface area contributed by atoms with Gasteiger partial charge in [-0.1, -0.05) is 31.9 Å². The quantitative estimate of drug-likeness (QED) is 0.573. The van der Waals surface area contributed by atoms with Gasteiger partial charge < -0.3 is 5.11 Å². The molecule has 0 saturated carbocycles. The molecule has 8 heteroatoms. The Balaban J connectivity index is 2.16. The first-order valence-electron chi connectivity index (χ1n) is 5.67. The Kier molecular flexibility index (Phi) is 5.02. The Morgan fingerprint density at radius 1 is 1.05 bits per heavy atom. The van der Waals surface area contributed by atoms with Crippen LogP contribution in [-0.2, 0) is 10.0 Å². The fourth-order valence-corrected chi connectivity index (χ4v) is 2.89. The van der Waals surface area contributed by atoms with Crippen molar-refractivity contribution in [3.63, 3.8) is 0 Å². The van der Waals surface area contributed by atoms with Gasteiger partial charge in [0, 0.05) is 14.5 Å². The fourth-order valence-electron chi connectivity index (χ4n) is 1.46. The summed E-state index contributed by atoms with van der Waals surface area (Å²) < 4.78 is 25.5. The number of nitrogens with one attached hydrogen (secondary N) is 1. The van der Waals surface area contributed by atoms with Crippen LogP contribution in [0.15, 0.2) is 61.4 Å². The predicted molar refractivity (Wildman–Crippen MR) is 87.9 cm³/mol. The fraction of sp³-hybridized carbons (Fsp3) is 0. The zero-order valence-corrected chi connectivity index (χ0v) is 14.5. The van der Waals surface area contributed by atoms with Crippen molar-refractivity contribution in [3.8, 4) is 5.75 Å². The average Bonchev–Trinajstić information content (AvgIpc) is 2.43. The highest BCUT2D eigenvalue weighted by Crippen LogP contribution is 2.20. The number of halogens is 2. The molecule has 0 radical (unpaired) electrons. The molecular weight excluding hydrogens is 424 g/mol. The van der Waals surface area contributed by atoms with E-state index < -0.39 is 10.0 Å². The SMILES string of the molecule is O=S(=O)(N/N=C/c1cc(Br)ccc1O)c1ccc(Br)cc1. The summed E-state index contributed by atoms with van der Waals surface area (Å²) in [5.74, 6) is 0.00443. The van der Waals surface area contributed by atoms with Gasteiger partial charge in [0.1, 0.15) is 5.75 Å². The summed E-state index contributed by atoms with van der Waals surface area (Å²) in [6.07, 6.45) is 1.23. The number of aromatic hydroxyl groups is 1. The number of phenolic OH excluding ortho intramolecular Hbond substituents is 1. The van der Waals surface area contributed by atoms with Crippen LogP contribution in [0.3, 0.4) is 0 Å². The number of nitrogens with zero attached hydrogens (tertiary/aromatic N) is 1. The van der Waals surface area contributed by atoms with Crippen molar-refractivity contribution in [2.75, 3.05) is 0 Å². The minimum Gasteiger partial charge on any atom is -0.507 e. The van der Waals surface area contributed by atoms with Crippen molar-refractivity contribution in [1.82, 2.24) is 4.83 Å². The molecule has 110 valence electrons. The largest absolute Gasteiger partial charge is 0.507 e. The third-order valence-corrected chi connectivity index (χ3v) is 4.75. The van der Waals surface area contributed by atoms with Crippen molar-refractivity contribution in [1.29, 1.82) is 0 Å². The Morgan fingerprint density at radius 3 is 2.33 bits per heavy atom. The van der Waals surface area contributed by atoms with Gasteiger partial charge in [-0.2, -0.15) is 13.5 Å². The molecule has 0 heterocycles. The summed E-state index contributed by atoms with van der Waals surface area (Å²) in [6, 6.07) is 10.9. The lowest BCUT2D eigenvalue weighted by molar-refractivity contribution is 0.474. The lowest BCUT2D eigenvalue weighted by Crippen LogP contribution is -2.18. The molecule has 0 amide bonds. The normalized spacial score (nSPS) is 11.7. The van der Waals surface area contributed by atoms with E-state index >= 15 is 0 Å². The van der Waals surface area contributed by atoms with Gasteiger partial charge in [-0.05, 0) is 42.5 Å². The molecule has 2 aromatic carbocycles. The van der Waals surface area contributed by atoms with Crippen LogP contribution in [-0.4, -0.2) is 19.7 Å². The van der Waals surface area contributed by atoms with E-state index in [4.69, 9.17) is 0 Å². The van der Waals surface area contributed by atoms with Crippen molar-refractivity contribution >= 4 is 48.1 Å². The number of hydrogen-bond acceptors (Lipinski definition) is 4. The number of sulfonamides is 1. The lowest BCUT2D eigenvalue weighted by Gasteiger charge is -2.03. The molecular formula is C13H10Br2N2O3S. The molecule has 0 bridgehead atoms. The van der Waals surface area contributed by atoms with Crippen LogP contribution >= 0.6 is 31.9 Å². The van der Waals surface area contributed by atoms with Crippen LogP contribution in [0.5, 0.6) is 5.75 Å². The summed E-state index contributed by atoms with van der Waals surface area (Å²) in [7, 11) is -3.73. The molecule has 0 aromatic heterocycles. The van der Waals surface area contributed by atoms with Crippen LogP contribution in [0, 0.1) is 0 Å². The van der Waals surface area contributed by atoms with E-state index in [-0.39, 0.29) is 10.6 Å². The third kappa shape index (κ3) is 4.29. The minimum absolute atomic E-state index is 0.00443. The second-order valence-corrected chi connectivity index (χ2v) is 7.50. The standard InChI is InChI=1S/C13H10Br2N2O3S/c14-10-1-4-12(5-2-10)21(19,20)17-16-8-9-7-11(15)3-6-13(9)18/h1-8,17-18H/b16-8+. The van der Waals surface area contributed by atoms with E-state index in [0.717, 1.165) is 8.95 Å². The van der Waals surface area contributed by atoms with Crippen LogP contribution in [0.4, 0.5) is 0 Å². The summed E-state index contributed by atoms with van der Waals surface area (Å²) in [5, 5.41) is 13.3. The van der Waals surface area contributed by atoms with E-state index in [1.54, 1.807) is 24.3 Å². The number of phenols is 1. The first-order chi connectivity index (χ1) is 9.88. The van der Waals surface area contributed by atoms with Crippen LogP contribution in [0.2, 0.25) is 0 Å². The van der Waals surface area contributed by atoms with Crippen LogP contribution < -0.4 is 4.83 Å². The number of benzene rings is 2. The monoisotopic (exact) mass is 432 g/mol. The first kappa shape index (κ1) is 16.0. The van der Waals surface area contributed by atoms with Gasteiger partial charge in [-0.25, -0.2) is 4.83 Å². The van der Waals surface area contributed by atoms with Gasteiger partial charge in [0.15, 0.2) is 0 Å². The Morgan fingerprint density at radius 2 is 1.67 bits per heavy atom. The highest BCUT2D eigenvalue weighted by Gasteiger charge is 2.12. The molecule has 0 fully saturated rings. The zero-order valence-electron chi connectivity index (χ0n) is 10.5. The molecule has 2 rings (SSSR count). The molecule has 0 aliphatic rings. The van der Waals surface area contributed by atoms with E-state index in [2.05, 4.69) is 41.8 Å². The molecule has 21 heavy (non-hydrogen) atoms. The Bertz CT molecular complexity index is 775. The van der Waals surface area contributed by atoms with Gasteiger partial charge in [-0.3, -0.25) is 0 Å². The molecule has 0 aliphatic heterocycles. The van der Waals surface area contributed by atoms with Gasteiger partial charge >= 0.3 is 0 Å². The summed E-state index contributed by atoms with van der Waals surface area (Å²) in [5.41, 5.74) is 0.392. The molecule has 0 saturated heterocycles. The van der Waals surface area contributed by atoms with E-state index in [1.165, 1.54) is 24.4 Å². The van der Waals surface area contributed by atoms with Crippen molar-refractivity contribution < 1.29 is 13.5 Å². The minimum atomic E-state index is -3.73. The summed E-state index contributed by atoms with van der Waals surface area (Å²) in [6.45, 7) is 0. The second-order valence-electron chi connectivity index (χ2n) is 4.01. The lowest BCUT2D eigenvalue weighted by atomic mass is 10.2. The van der Waals surface area contributed by atoms with Crippen molar-refractivity contribution in [2.24, 2.45) is 5.10 Å². The zero-order chi connectivity index (χ0) is 15.5. The molecule has 0 spiro atoms. The first-order valence-corrected chi connectivity index (χ1v) is 8.74. The third-order valence-electron chi connectivity index (χ3n) is 2.49. The molecule has 0 aliphatic carbocycles. The molecule has 5 nitrogen and oxygen atoms in total. The van der Waals surface area contributed by atoms with E-state index in [0.29, 0.717) is 5.56 Å². The highest BCUT2D eigenvalue weighted by atomic mass is 79.9. The molecule has 0 atom stereocenters. The van der Waals surface area contributed by atoms with Crippen LogP contribution in [0.1, 0.15) is 5.56 Å². The summed E-state index contributed by atoms with van der Waals surface area (Å²) >= 11 is 6.49. The van der Waals surface area contributed by atoms with Gasteiger partial charge in [-0.15, -0.1) is 0 Å². The Hall–Kier alpha value is -1.38. The maximum Gasteiger partial charge on any atom is 0.276 e. The molecule has 2 N–H and O–H groups in total. The number of hydrazone groups is 1. The van der Waals surface area contributed by atoms with E-state index in [1.807, 2.05) is 0 Å². The maximum absolute atomic E-state index is 12.0. The van der Waals surface area contributed by atoms with Crippen LogP contribution in [0.25, 0.3) is 0 Å². The smallest absolute Gasteiger partial charge is 0.276 e. The Labute approximate surface area is 139 Å². The predicted octanol–water partition coefficient (Wildman–Crippen LogP) is 3.23. The second kappa shape index (κ2) is 6.59. The average molecular weight is 434 g/mol. The van der Waals surface area contributed by atoms with Crippen molar-refractivity contribution in [3.05, 3.63) is 57.0 Å².